The second-order valence-corrected chi connectivity index (χ2v) is 4.96. The molecular formula is C12H15N5O2S. The zero-order chi connectivity index (χ0) is 14.5. The molecule has 0 amide bonds. The van der Waals surface area contributed by atoms with Crippen molar-refractivity contribution in [3.05, 3.63) is 45.8 Å². The molecule has 2 rings (SSSR count). The molecule has 0 aliphatic heterocycles. The number of nitro groups is 1. The van der Waals surface area contributed by atoms with E-state index in [0.29, 0.717) is 17.9 Å². The van der Waals surface area contributed by atoms with Crippen LogP contribution in [0.2, 0.25) is 0 Å². The molecule has 7 nitrogen and oxygen atoms in total. The van der Waals surface area contributed by atoms with Gasteiger partial charge in [-0.3, -0.25) is 10.1 Å². The Morgan fingerprint density at radius 3 is 2.80 bits per heavy atom. The Hall–Kier alpha value is -1.93. The fourth-order valence-corrected chi connectivity index (χ4v) is 2.87. The number of benzene rings is 1. The highest BCUT2D eigenvalue weighted by Crippen LogP contribution is 2.27. The van der Waals surface area contributed by atoms with Crippen molar-refractivity contribution in [1.29, 1.82) is 0 Å². The predicted molar refractivity (Wildman–Crippen MR) is 76.2 cm³/mol. The van der Waals surface area contributed by atoms with Gasteiger partial charge >= 0.3 is 0 Å². The van der Waals surface area contributed by atoms with Crippen LogP contribution in [0.4, 0.5) is 5.69 Å². The van der Waals surface area contributed by atoms with Crippen molar-refractivity contribution in [3.8, 4) is 0 Å². The van der Waals surface area contributed by atoms with E-state index >= 15 is 0 Å². The van der Waals surface area contributed by atoms with Gasteiger partial charge in [0.2, 0.25) is 0 Å². The highest BCUT2D eigenvalue weighted by molar-refractivity contribution is 7.98. The zero-order valence-electron chi connectivity index (χ0n) is 11.0. The van der Waals surface area contributed by atoms with Crippen molar-refractivity contribution >= 4 is 17.4 Å². The lowest BCUT2D eigenvalue weighted by Gasteiger charge is -2.06. The van der Waals surface area contributed by atoms with E-state index in [1.54, 1.807) is 18.2 Å². The van der Waals surface area contributed by atoms with Gasteiger partial charge in [-0.2, -0.15) is 0 Å². The predicted octanol–water partition coefficient (Wildman–Crippen LogP) is 1.96. The zero-order valence-corrected chi connectivity index (χ0v) is 11.8. The maximum absolute atomic E-state index is 11.0. The summed E-state index contributed by atoms with van der Waals surface area (Å²) in [6.07, 6.45) is 0. The molecule has 2 aromatic rings. The number of hydrogen-bond acceptors (Lipinski definition) is 6. The molecule has 0 fully saturated rings. The van der Waals surface area contributed by atoms with E-state index < -0.39 is 0 Å². The smallest absolute Gasteiger partial charge is 0.273 e. The van der Waals surface area contributed by atoms with Crippen molar-refractivity contribution in [2.45, 2.75) is 30.9 Å². The fourth-order valence-electron chi connectivity index (χ4n) is 1.85. The summed E-state index contributed by atoms with van der Waals surface area (Å²) in [5.41, 5.74) is 6.38. The Morgan fingerprint density at radius 1 is 1.40 bits per heavy atom. The first-order chi connectivity index (χ1) is 9.67. The summed E-state index contributed by atoms with van der Waals surface area (Å²) >= 11 is 1.42. The molecule has 0 aliphatic rings. The van der Waals surface area contributed by atoms with E-state index in [-0.39, 0.29) is 10.6 Å². The van der Waals surface area contributed by atoms with Crippen LogP contribution >= 0.6 is 11.8 Å². The second-order valence-electron chi connectivity index (χ2n) is 4.02. The molecule has 0 aliphatic carbocycles. The molecule has 8 heteroatoms. The minimum absolute atomic E-state index is 0.126. The van der Waals surface area contributed by atoms with Crippen molar-refractivity contribution in [1.82, 2.24) is 14.8 Å². The minimum Gasteiger partial charge on any atom is -0.324 e. The molecule has 1 heterocycles. The quantitative estimate of drug-likeness (QED) is 0.496. The van der Waals surface area contributed by atoms with Gasteiger partial charge in [0.15, 0.2) is 5.16 Å². The third kappa shape index (κ3) is 2.97. The van der Waals surface area contributed by atoms with Crippen molar-refractivity contribution in [2.75, 3.05) is 0 Å². The molecule has 0 bridgehead atoms. The molecule has 0 atom stereocenters. The molecule has 0 unspecified atom stereocenters. The Bertz CT molecular complexity index is 614. The summed E-state index contributed by atoms with van der Waals surface area (Å²) in [6.45, 7) is 3.03. The molecule has 106 valence electrons. The van der Waals surface area contributed by atoms with Crippen LogP contribution in [0.25, 0.3) is 0 Å². The number of rotatable bonds is 6. The summed E-state index contributed by atoms with van der Waals surface area (Å²) in [5, 5.41) is 19.8. The fraction of sp³-hybridized carbons (Fsp3) is 0.333. The topological polar surface area (TPSA) is 99.9 Å². The molecular weight excluding hydrogens is 278 g/mol. The number of nitrogens with zero attached hydrogens (tertiary/aromatic N) is 4. The van der Waals surface area contributed by atoms with E-state index in [4.69, 9.17) is 5.73 Å². The Balaban J connectivity index is 2.17. The van der Waals surface area contributed by atoms with Gasteiger partial charge in [0.05, 0.1) is 11.5 Å². The Kier molecular flexibility index (Phi) is 4.70. The Labute approximate surface area is 120 Å². The monoisotopic (exact) mass is 293 g/mol. The maximum atomic E-state index is 11.0. The molecule has 0 spiro atoms. The second kappa shape index (κ2) is 6.49. The molecule has 0 saturated heterocycles. The average molecular weight is 293 g/mol. The van der Waals surface area contributed by atoms with Gasteiger partial charge in [-0.15, -0.1) is 10.2 Å². The SMILES string of the molecule is CCn1c(CN)nnc1SCc1ccccc1[N+](=O)[O-]. The van der Waals surface area contributed by atoms with E-state index in [0.717, 1.165) is 17.5 Å². The number of nitrogens with two attached hydrogens (primary N) is 1. The van der Waals surface area contributed by atoms with Crippen LogP contribution in [0.15, 0.2) is 29.4 Å². The number of thioether (sulfide) groups is 1. The molecule has 2 N–H and O–H groups in total. The summed E-state index contributed by atoms with van der Waals surface area (Å²) < 4.78 is 1.92. The van der Waals surface area contributed by atoms with Crippen LogP contribution in [-0.4, -0.2) is 19.7 Å². The summed E-state index contributed by atoms with van der Waals surface area (Å²) in [5.74, 6) is 1.19. The average Bonchev–Trinajstić information content (AvgIpc) is 2.87. The van der Waals surface area contributed by atoms with Crippen molar-refractivity contribution < 1.29 is 4.92 Å². The summed E-state index contributed by atoms with van der Waals surface area (Å²) in [4.78, 5) is 10.6. The van der Waals surface area contributed by atoms with Gasteiger partial charge in [-0.05, 0) is 6.92 Å². The lowest BCUT2D eigenvalue weighted by atomic mass is 10.2. The van der Waals surface area contributed by atoms with Crippen LogP contribution in [0, 0.1) is 10.1 Å². The summed E-state index contributed by atoms with van der Waals surface area (Å²) in [6, 6.07) is 6.71. The highest BCUT2D eigenvalue weighted by atomic mass is 32.2. The highest BCUT2D eigenvalue weighted by Gasteiger charge is 2.15. The van der Waals surface area contributed by atoms with E-state index in [1.165, 1.54) is 17.8 Å². The lowest BCUT2D eigenvalue weighted by molar-refractivity contribution is -0.385. The van der Waals surface area contributed by atoms with E-state index in [9.17, 15) is 10.1 Å². The van der Waals surface area contributed by atoms with Crippen LogP contribution in [0.5, 0.6) is 0 Å². The van der Waals surface area contributed by atoms with Crippen molar-refractivity contribution in [3.63, 3.8) is 0 Å². The molecule has 1 aromatic carbocycles. The lowest BCUT2D eigenvalue weighted by Crippen LogP contribution is -2.08. The van der Waals surface area contributed by atoms with Gasteiger partial charge < -0.3 is 10.3 Å². The normalized spacial score (nSPS) is 10.7. The van der Waals surface area contributed by atoms with Crippen LogP contribution in [0.3, 0.4) is 0 Å². The minimum atomic E-state index is -0.369. The first-order valence-corrected chi connectivity index (χ1v) is 7.13. The van der Waals surface area contributed by atoms with Gasteiger partial charge in [-0.25, -0.2) is 0 Å². The third-order valence-electron chi connectivity index (χ3n) is 2.84. The van der Waals surface area contributed by atoms with Crippen LogP contribution in [-0.2, 0) is 18.8 Å². The number of nitro benzene ring substituents is 1. The van der Waals surface area contributed by atoms with Gasteiger partial charge in [0, 0.05) is 23.9 Å². The third-order valence-corrected chi connectivity index (χ3v) is 3.85. The van der Waals surface area contributed by atoms with Gasteiger partial charge in [0.1, 0.15) is 5.82 Å². The largest absolute Gasteiger partial charge is 0.324 e. The molecule has 20 heavy (non-hydrogen) atoms. The van der Waals surface area contributed by atoms with Gasteiger partial charge in [-0.1, -0.05) is 30.0 Å². The van der Waals surface area contributed by atoms with Crippen LogP contribution in [0.1, 0.15) is 18.3 Å². The van der Waals surface area contributed by atoms with Crippen molar-refractivity contribution in [2.24, 2.45) is 5.73 Å². The van der Waals surface area contributed by atoms with E-state index in [2.05, 4.69) is 10.2 Å². The molecule has 1 aromatic heterocycles. The standard InChI is InChI=1S/C12H15N5O2S/c1-2-16-11(7-13)14-15-12(16)20-8-9-5-3-4-6-10(9)17(18)19/h3-6H,2,7-8,13H2,1H3. The number of hydrogen-bond donors (Lipinski definition) is 1. The molecule has 0 radical (unpaired) electrons. The number of para-hydroxylation sites is 1. The first-order valence-electron chi connectivity index (χ1n) is 6.14. The molecule has 0 saturated carbocycles. The first kappa shape index (κ1) is 14.5. The van der Waals surface area contributed by atoms with E-state index in [1.807, 2.05) is 11.5 Å². The summed E-state index contributed by atoms with van der Waals surface area (Å²) in [7, 11) is 0. The maximum Gasteiger partial charge on any atom is 0.273 e. The van der Waals surface area contributed by atoms with Gasteiger partial charge in [0.25, 0.3) is 5.69 Å². The number of aromatic nitrogens is 3. The van der Waals surface area contributed by atoms with Crippen LogP contribution < -0.4 is 5.73 Å². The Morgan fingerprint density at radius 2 is 2.15 bits per heavy atom.